The number of aryl methyl sites for hydroxylation is 1. The molecule has 3 aliphatic rings. The first-order chi connectivity index (χ1) is 18.4. The van der Waals surface area contributed by atoms with E-state index in [9.17, 15) is 26.3 Å². The zero-order valence-corrected chi connectivity index (χ0v) is 22.8. The summed E-state index contributed by atoms with van der Waals surface area (Å²) in [5, 5.41) is 0. The van der Waals surface area contributed by atoms with Gasteiger partial charge in [-0.05, 0) is 97.8 Å². The van der Waals surface area contributed by atoms with Gasteiger partial charge in [-0.2, -0.15) is 26.3 Å². The Morgan fingerprint density at radius 2 is 1.77 bits per heavy atom. The highest BCUT2D eigenvalue weighted by molar-refractivity contribution is 5.40. The SMILES string of the molecule is C=CCOc1ccc2c(c1)CC[C@@H]1[C@@H]2CC[C@]2(C)[C@@H](OCCCOC(CCC)(C(F)(F)F)C(F)(F)F)CC[C@@H]12. The van der Waals surface area contributed by atoms with Crippen molar-refractivity contribution in [3.05, 3.63) is 42.0 Å². The van der Waals surface area contributed by atoms with Crippen molar-refractivity contribution >= 4 is 0 Å². The predicted octanol–water partition coefficient (Wildman–Crippen LogP) is 8.56. The number of halogens is 6. The quantitative estimate of drug-likeness (QED) is 0.154. The van der Waals surface area contributed by atoms with Crippen molar-refractivity contribution < 1.29 is 40.6 Å². The number of benzene rings is 1. The molecule has 0 spiro atoms. The molecule has 0 unspecified atom stereocenters. The van der Waals surface area contributed by atoms with Crippen LogP contribution in [0.2, 0.25) is 0 Å². The smallest absolute Gasteiger partial charge is 0.426 e. The maximum Gasteiger partial charge on any atom is 0.426 e. The maximum atomic E-state index is 13.5. The van der Waals surface area contributed by atoms with E-state index in [0.29, 0.717) is 24.4 Å². The monoisotopic (exact) mass is 562 g/mol. The van der Waals surface area contributed by atoms with E-state index in [1.54, 1.807) is 6.08 Å². The zero-order valence-electron chi connectivity index (χ0n) is 22.8. The molecule has 39 heavy (non-hydrogen) atoms. The van der Waals surface area contributed by atoms with Gasteiger partial charge in [-0.15, -0.1) is 0 Å². The summed E-state index contributed by atoms with van der Waals surface area (Å²) in [5.74, 6) is 2.38. The molecule has 4 rings (SSSR count). The summed E-state index contributed by atoms with van der Waals surface area (Å²) >= 11 is 0. The van der Waals surface area contributed by atoms with Crippen LogP contribution < -0.4 is 4.74 Å². The van der Waals surface area contributed by atoms with E-state index in [2.05, 4.69) is 30.4 Å². The highest BCUT2D eigenvalue weighted by Crippen LogP contribution is 2.61. The van der Waals surface area contributed by atoms with Gasteiger partial charge in [0.15, 0.2) is 0 Å². The van der Waals surface area contributed by atoms with E-state index < -0.39 is 31.0 Å². The van der Waals surface area contributed by atoms with Crippen LogP contribution in [0.25, 0.3) is 0 Å². The van der Waals surface area contributed by atoms with Crippen molar-refractivity contribution in [1.82, 2.24) is 0 Å². The predicted molar refractivity (Wildman–Crippen MR) is 137 cm³/mol. The largest absolute Gasteiger partial charge is 0.490 e. The fourth-order valence-electron chi connectivity index (χ4n) is 7.59. The third-order valence-corrected chi connectivity index (χ3v) is 9.45. The molecule has 0 saturated heterocycles. The van der Waals surface area contributed by atoms with E-state index in [-0.39, 0.29) is 31.0 Å². The van der Waals surface area contributed by atoms with Crippen LogP contribution in [0.4, 0.5) is 26.3 Å². The highest BCUT2D eigenvalue weighted by atomic mass is 19.4. The van der Waals surface area contributed by atoms with Crippen LogP contribution in [0.5, 0.6) is 5.75 Å². The molecule has 1 aromatic rings. The second-order valence-corrected chi connectivity index (χ2v) is 11.6. The first-order valence-electron chi connectivity index (χ1n) is 14.1. The summed E-state index contributed by atoms with van der Waals surface area (Å²) in [4.78, 5) is 0. The molecule has 0 bridgehead atoms. The molecule has 3 nitrogen and oxygen atoms in total. The summed E-state index contributed by atoms with van der Waals surface area (Å²) in [5.41, 5.74) is -1.42. The van der Waals surface area contributed by atoms with Crippen molar-refractivity contribution in [2.45, 2.75) is 102 Å². The lowest BCUT2D eigenvalue weighted by atomic mass is 9.55. The van der Waals surface area contributed by atoms with Gasteiger partial charge in [-0.3, -0.25) is 0 Å². The van der Waals surface area contributed by atoms with Gasteiger partial charge in [0.05, 0.1) is 12.7 Å². The average molecular weight is 563 g/mol. The summed E-state index contributed by atoms with van der Waals surface area (Å²) < 4.78 is 97.2. The minimum Gasteiger partial charge on any atom is -0.490 e. The van der Waals surface area contributed by atoms with Gasteiger partial charge in [0, 0.05) is 6.61 Å². The number of fused-ring (bicyclic) bond motifs is 5. The minimum absolute atomic E-state index is 0.0233. The van der Waals surface area contributed by atoms with Crippen LogP contribution in [-0.4, -0.2) is 43.9 Å². The van der Waals surface area contributed by atoms with Gasteiger partial charge in [-0.1, -0.05) is 39.0 Å². The van der Waals surface area contributed by atoms with E-state index in [1.165, 1.54) is 18.1 Å². The summed E-state index contributed by atoms with van der Waals surface area (Å²) in [6, 6.07) is 6.39. The Hall–Kier alpha value is -1.74. The number of rotatable bonds is 11. The second-order valence-electron chi connectivity index (χ2n) is 11.6. The normalized spacial score (nSPS) is 28.9. The first kappa shape index (κ1) is 30.2. The van der Waals surface area contributed by atoms with Crippen LogP contribution >= 0.6 is 0 Å². The molecule has 9 heteroatoms. The molecule has 0 radical (unpaired) electrons. The molecule has 0 heterocycles. The first-order valence-corrected chi connectivity index (χ1v) is 14.1. The maximum absolute atomic E-state index is 13.5. The molecular weight excluding hydrogens is 522 g/mol. The number of ether oxygens (including phenoxy) is 3. The lowest BCUT2D eigenvalue weighted by Crippen LogP contribution is -2.58. The Bertz CT molecular complexity index is 976. The van der Waals surface area contributed by atoms with Crippen LogP contribution in [-0.2, 0) is 15.9 Å². The van der Waals surface area contributed by atoms with Crippen LogP contribution in [0.15, 0.2) is 30.9 Å². The van der Waals surface area contributed by atoms with Crippen molar-refractivity contribution in [2.75, 3.05) is 19.8 Å². The van der Waals surface area contributed by atoms with E-state index in [1.807, 2.05) is 6.07 Å². The van der Waals surface area contributed by atoms with Crippen molar-refractivity contribution in [3.63, 3.8) is 0 Å². The molecule has 0 aromatic heterocycles. The van der Waals surface area contributed by atoms with Crippen molar-refractivity contribution in [3.8, 4) is 5.75 Å². The molecular formula is C30H40F6O3. The standard InChI is InChI=1S/C30H40F6O3/c1-4-14-28(29(31,32)33,30(34,35)36)39-18-6-17-38-26-12-11-25-24-9-7-20-19-21(37-16-5-2)8-10-22(20)23(24)13-15-27(25,26)3/h5,8,10,19,23-26H,2,4,6-7,9,11-18H2,1,3H3/t23-,24-,25+,26+,27+/m1/s1. The van der Waals surface area contributed by atoms with Gasteiger partial charge < -0.3 is 14.2 Å². The molecule has 0 amide bonds. The molecule has 0 N–H and O–H groups in total. The van der Waals surface area contributed by atoms with Crippen LogP contribution in [0.1, 0.15) is 82.3 Å². The lowest BCUT2D eigenvalue weighted by molar-refractivity contribution is -0.383. The van der Waals surface area contributed by atoms with Crippen molar-refractivity contribution in [2.24, 2.45) is 17.3 Å². The Labute approximate surface area is 227 Å². The fraction of sp³-hybridized carbons (Fsp3) is 0.733. The fourth-order valence-corrected chi connectivity index (χ4v) is 7.59. The molecule has 0 aliphatic heterocycles. The molecule has 1 aromatic carbocycles. The van der Waals surface area contributed by atoms with Gasteiger partial charge in [-0.25, -0.2) is 0 Å². The van der Waals surface area contributed by atoms with Gasteiger partial charge >= 0.3 is 12.4 Å². The molecule has 5 atom stereocenters. The van der Waals surface area contributed by atoms with Gasteiger partial charge in [0.1, 0.15) is 12.4 Å². The summed E-state index contributed by atoms with van der Waals surface area (Å²) in [6.45, 7) is 7.13. The van der Waals surface area contributed by atoms with Crippen LogP contribution in [0, 0.1) is 17.3 Å². The average Bonchev–Trinajstić information content (AvgIpc) is 3.21. The lowest BCUT2D eigenvalue weighted by Gasteiger charge is -2.50. The molecule has 220 valence electrons. The third kappa shape index (κ3) is 5.72. The second kappa shape index (κ2) is 11.6. The Balaban J connectivity index is 1.34. The Kier molecular flexibility index (Phi) is 9.01. The molecule has 3 aliphatic carbocycles. The summed E-state index contributed by atoms with van der Waals surface area (Å²) in [6.07, 6.45) is -4.87. The third-order valence-electron chi connectivity index (χ3n) is 9.45. The molecule has 2 saturated carbocycles. The minimum atomic E-state index is -5.54. The molecule has 2 fully saturated rings. The zero-order chi connectivity index (χ0) is 28.5. The highest BCUT2D eigenvalue weighted by Gasteiger charge is 2.71. The number of hydrogen-bond donors (Lipinski definition) is 0. The van der Waals surface area contributed by atoms with Gasteiger partial charge in [0.25, 0.3) is 5.60 Å². The number of alkyl halides is 6. The van der Waals surface area contributed by atoms with Crippen molar-refractivity contribution in [1.29, 1.82) is 0 Å². The van der Waals surface area contributed by atoms with Gasteiger partial charge in [0.2, 0.25) is 0 Å². The van der Waals surface area contributed by atoms with E-state index in [4.69, 9.17) is 9.47 Å². The Morgan fingerprint density at radius 1 is 1.03 bits per heavy atom. The van der Waals surface area contributed by atoms with Crippen LogP contribution in [0.3, 0.4) is 0 Å². The Morgan fingerprint density at radius 3 is 2.44 bits per heavy atom. The number of hydrogen-bond acceptors (Lipinski definition) is 3. The van der Waals surface area contributed by atoms with E-state index in [0.717, 1.165) is 44.3 Å². The summed E-state index contributed by atoms with van der Waals surface area (Å²) in [7, 11) is 0. The van der Waals surface area contributed by atoms with E-state index >= 15 is 0 Å². The topological polar surface area (TPSA) is 27.7 Å².